The third-order valence-electron chi connectivity index (χ3n) is 3.37. The van der Waals surface area contributed by atoms with Crippen molar-refractivity contribution in [1.82, 2.24) is 0 Å². The van der Waals surface area contributed by atoms with Gasteiger partial charge in [0.1, 0.15) is 0 Å². The summed E-state index contributed by atoms with van der Waals surface area (Å²) >= 11 is 6.08. The second-order valence-electron chi connectivity index (χ2n) is 4.83. The number of rotatable bonds is 5. The van der Waals surface area contributed by atoms with E-state index in [1.54, 1.807) is 38.1 Å². The predicted molar refractivity (Wildman–Crippen MR) is 89.5 cm³/mol. The molecule has 2 aromatic carbocycles. The molecule has 0 aromatic heterocycles. The van der Waals surface area contributed by atoms with E-state index in [9.17, 15) is 18.5 Å². The van der Waals surface area contributed by atoms with Crippen molar-refractivity contribution in [2.75, 3.05) is 10.8 Å². The highest BCUT2D eigenvalue weighted by atomic mass is 35.5. The average Bonchev–Trinajstić information content (AvgIpc) is 2.49. The van der Waals surface area contributed by atoms with E-state index in [4.69, 9.17) is 11.6 Å². The molecule has 0 fully saturated rings. The third kappa shape index (κ3) is 3.30. The molecular weight excluding hydrogens is 340 g/mol. The summed E-state index contributed by atoms with van der Waals surface area (Å²) in [5.41, 5.74) is 0.496. The first-order valence-electron chi connectivity index (χ1n) is 6.81. The minimum absolute atomic E-state index is 0.142. The van der Waals surface area contributed by atoms with Gasteiger partial charge in [0.25, 0.3) is 15.7 Å². The molecular formula is C15H15ClN2O4S. The van der Waals surface area contributed by atoms with Crippen molar-refractivity contribution >= 4 is 33.0 Å². The number of aryl methyl sites for hydroxylation is 1. The van der Waals surface area contributed by atoms with E-state index in [0.29, 0.717) is 16.3 Å². The van der Waals surface area contributed by atoms with E-state index >= 15 is 0 Å². The quantitative estimate of drug-likeness (QED) is 0.604. The molecule has 0 saturated heterocycles. The van der Waals surface area contributed by atoms with Gasteiger partial charge in [-0.2, -0.15) is 0 Å². The Morgan fingerprint density at radius 3 is 2.43 bits per heavy atom. The lowest BCUT2D eigenvalue weighted by Crippen LogP contribution is -2.31. The molecule has 0 amide bonds. The molecule has 0 atom stereocenters. The van der Waals surface area contributed by atoms with Crippen molar-refractivity contribution in [2.45, 2.75) is 18.7 Å². The molecule has 0 aliphatic carbocycles. The first-order chi connectivity index (χ1) is 10.8. The predicted octanol–water partition coefficient (Wildman–Crippen LogP) is 3.77. The van der Waals surface area contributed by atoms with Crippen LogP contribution in [0.15, 0.2) is 47.4 Å². The highest BCUT2D eigenvalue weighted by Gasteiger charge is 2.27. The summed E-state index contributed by atoms with van der Waals surface area (Å²) in [4.78, 5) is 10.3. The summed E-state index contributed by atoms with van der Waals surface area (Å²) < 4.78 is 26.8. The molecule has 8 heteroatoms. The number of anilines is 1. The summed E-state index contributed by atoms with van der Waals surface area (Å²) in [5, 5.41) is 11.3. The van der Waals surface area contributed by atoms with Gasteiger partial charge in [-0.3, -0.25) is 14.4 Å². The molecule has 0 N–H and O–H groups in total. The average molecular weight is 355 g/mol. The zero-order valence-electron chi connectivity index (χ0n) is 12.6. The Balaban J connectivity index is 2.59. The van der Waals surface area contributed by atoms with Gasteiger partial charge in [0.15, 0.2) is 0 Å². The maximum absolute atomic E-state index is 12.8. The molecule has 0 unspecified atom stereocenters. The zero-order chi connectivity index (χ0) is 17.2. The van der Waals surface area contributed by atoms with Gasteiger partial charge in [-0.05, 0) is 32.0 Å². The Morgan fingerprint density at radius 2 is 1.87 bits per heavy atom. The Hall–Kier alpha value is -2.12. The summed E-state index contributed by atoms with van der Waals surface area (Å²) in [6, 6.07) is 10.4. The third-order valence-corrected chi connectivity index (χ3v) is 5.58. The minimum Gasteiger partial charge on any atom is -0.265 e. The zero-order valence-corrected chi connectivity index (χ0v) is 14.1. The van der Waals surface area contributed by atoms with E-state index in [1.165, 1.54) is 12.1 Å². The van der Waals surface area contributed by atoms with Gasteiger partial charge in [-0.1, -0.05) is 29.8 Å². The second-order valence-corrected chi connectivity index (χ2v) is 7.10. The van der Waals surface area contributed by atoms with Gasteiger partial charge < -0.3 is 0 Å². The number of nitrogens with zero attached hydrogens (tertiary/aromatic N) is 2. The lowest BCUT2D eigenvalue weighted by atomic mass is 10.2. The molecule has 0 saturated carbocycles. The SMILES string of the molecule is CCN(c1ccccc1Cl)S(=O)(=O)c1ccc(C)c([N+](=O)[O-])c1. The first kappa shape index (κ1) is 17.2. The van der Waals surface area contributed by atoms with Crippen LogP contribution in [-0.2, 0) is 10.0 Å². The Labute approximate surface area is 139 Å². The van der Waals surface area contributed by atoms with Crippen LogP contribution in [0.4, 0.5) is 11.4 Å². The number of nitro groups is 1. The second kappa shape index (κ2) is 6.55. The van der Waals surface area contributed by atoms with Crippen molar-refractivity contribution in [2.24, 2.45) is 0 Å². The molecule has 0 bridgehead atoms. The van der Waals surface area contributed by atoms with Crippen LogP contribution in [0.1, 0.15) is 12.5 Å². The van der Waals surface area contributed by atoms with E-state index in [1.807, 2.05) is 0 Å². The number of sulfonamides is 1. The van der Waals surface area contributed by atoms with Crippen LogP contribution in [0, 0.1) is 17.0 Å². The number of nitro benzene ring substituents is 1. The van der Waals surface area contributed by atoms with E-state index in [0.717, 1.165) is 10.4 Å². The number of hydrogen-bond donors (Lipinski definition) is 0. The van der Waals surface area contributed by atoms with E-state index in [-0.39, 0.29) is 17.1 Å². The van der Waals surface area contributed by atoms with E-state index < -0.39 is 14.9 Å². The summed E-state index contributed by atoms with van der Waals surface area (Å²) in [6.45, 7) is 3.37. The molecule has 2 rings (SSSR count). The molecule has 23 heavy (non-hydrogen) atoms. The van der Waals surface area contributed by atoms with Gasteiger partial charge >= 0.3 is 0 Å². The Morgan fingerprint density at radius 1 is 1.22 bits per heavy atom. The van der Waals surface area contributed by atoms with Gasteiger partial charge in [0.2, 0.25) is 0 Å². The van der Waals surface area contributed by atoms with Gasteiger partial charge in [0, 0.05) is 18.2 Å². The standard InChI is InChI=1S/C15H15ClN2O4S/c1-3-17(14-7-5-4-6-13(14)16)23(21,22)12-9-8-11(2)15(10-12)18(19)20/h4-10H,3H2,1-2H3. The highest BCUT2D eigenvalue weighted by Crippen LogP contribution is 2.31. The summed E-state index contributed by atoms with van der Waals surface area (Å²) in [6.07, 6.45) is 0. The molecule has 122 valence electrons. The number of para-hydroxylation sites is 1. The molecule has 0 spiro atoms. The maximum Gasteiger partial charge on any atom is 0.273 e. The van der Waals surface area contributed by atoms with Crippen LogP contribution in [0.5, 0.6) is 0 Å². The van der Waals surface area contributed by atoms with Gasteiger partial charge in [-0.25, -0.2) is 8.42 Å². The fourth-order valence-corrected chi connectivity index (χ4v) is 4.00. The monoisotopic (exact) mass is 354 g/mol. The minimum atomic E-state index is -3.96. The molecule has 6 nitrogen and oxygen atoms in total. The molecule has 0 heterocycles. The van der Waals surface area contributed by atoms with Gasteiger partial charge in [-0.15, -0.1) is 0 Å². The Bertz CT molecular complexity index is 852. The number of benzene rings is 2. The van der Waals surface area contributed by atoms with Crippen molar-refractivity contribution in [1.29, 1.82) is 0 Å². The van der Waals surface area contributed by atoms with Crippen LogP contribution < -0.4 is 4.31 Å². The fraction of sp³-hybridized carbons (Fsp3) is 0.200. The van der Waals surface area contributed by atoms with Crippen LogP contribution in [-0.4, -0.2) is 19.9 Å². The highest BCUT2D eigenvalue weighted by molar-refractivity contribution is 7.92. The lowest BCUT2D eigenvalue weighted by Gasteiger charge is -2.23. The lowest BCUT2D eigenvalue weighted by molar-refractivity contribution is -0.385. The van der Waals surface area contributed by atoms with Crippen LogP contribution in [0.2, 0.25) is 5.02 Å². The van der Waals surface area contributed by atoms with E-state index in [2.05, 4.69) is 0 Å². The molecule has 2 aromatic rings. The van der Waals surface area contributed by atoms with Crippen molar-refractivity contribution in [3.63, 3.8) is 0 Å². The summed E-state index contributed by atoms with van der Waals surface area (Å²) in [5.74, 6) is 0. The largest absolute Gasteiger partial charge is 0.273 e. The first-order valence-corrected chi connectivity index (χ1v) is 8.63. The fourth-order valence-electron chi connectivity index (χ4n) is 2.20. The van der Waals surface area contributed by atoms with Crippen molar-refractivity contribution in [3.8, 4) is 0 Å². The molecule has 0 aliphatic rings. The van der Waals surface area contributed by atoms with Crippen LogP contribution >= 0.6 is 11.6 Å². The smallest absolute Gasteiger partial charge is 0.265 e. The van der Waals surface area contributed by atoms with Crippen molar-refractivity contribution < 1.29 is 13.3 Å². The number of halogens is 1. The normalized spacial score (nSPS) is 11.3. The molecule has 0 aliphatic heterocycles. The van der Waals surface area contributed by atoms with Crippen molar-refractivity contribution in [3.05, 3.63) is 63.2 Å². The van der Waals surface area contributed by atoms with Crippen LogP contribution in [0.3, 0.4) is 0 Å². The molecule has 0 radical (unpaired) electrons. The Kier molecular flexibility index (Phi) is 4.91. The summed E-state index contributed by atoms with van der Waals surface area (Å²) in [7, 11) is -3.96. The van der Waals surface area contributed by atoms with Gasteiger partial charge in [0.05, 0.1) is 20.5 Å². The van der Waals surface area contributed by atoms with Crippen LogP contribution in [0.25, 0.3) is 0 Å². The topological polar surface area (TPSA) is 80.5 Å². The number of hydrogen-bond acceptors (Lipinski definition) is 4. The maximum atomic E-state index is 12.8.